The molecule has 5 heteroatoms. The summed E-state index contributed by atoms with van der Waals surface area (Å²) in [6.45, 7) is 0.590. The molecule has 0 saturated carbocycles. The second-order valence-corrected chi connectivity index (χ2v) is 4.88. The van der Waals surface area contributed by atoms with Gasteiger partial charge in [-0.25, -0.2) is 4.79 Å². The number of alkyl carbamates (subject to hydrolysis) is 1. The number of phenolic OH excluding ortho intramolecular Hbond substituents is 1. The lowest BCUT2D eigenvalue weighted by molar-refractivity contribution is 0.140. The summed E-state index contributed by atoms with van der Waals surface area (Å²) < 4.78 is 5.07. The number of nitrogens with zero attached hydrogens (tertiary/aromatic N) is 1. The van der Waals surface area contributed by atoms with Gasteiger partial charge in [0.15, 0.2) is 0 Å². The maximum absolute atomic E-state index is 11.5. The third-order valence-electron chi connectivity index (χ3n) is 3.08. The Labute approximate surface area is 140 Å². The van der Waals surface area contributed by atoms with Gasteiger partial charge in [0.05, 0.1) is 5.56 Å². The number of nitriles is 1. The highest BCUT2D eigenvalue weighted by Crippen LogP contribution is 2.16. The van der Waals surface area contributed by atoms with Gasteiger partial charge in [0.25, 0.3) is 0 Å². The van der Waals surface area contributed by atoms with Crippen molar-refractivity contribution in [1.29, 1.82) is 5.26 Å². The molecule has 2 N–H and O–H groups in total. The van der Waals surface area contributed by atoms with Crippen LogP contribution in [-0.4, -0.2) is 17.7 Å². The van der Waals surface area contributed by atoms with Gasteiger partial charge in [-0.05, 0) is 23.8 Å². The molecule has 0 unspecified atom stereocenters. The van der Waals surface area contributed by atoms with Crippen LogP contribution >= 0.6 is 0 Å². The molecule has 2 aromatic rings. The Kier molecular flexibility index (Phi) is 6.25. The van der Waals surface area contributed by atoms with Gasteiger partial charge >= 0.3 is 6.09 Å². The first-order chi connectivity index (χ1) is 11.7. The molecule has 1 amide bonds. The molecule has 0 bridgehead atoms. The fraction of sp³-hybridized carbons (Fsp3) is 0.158. The molecule has 0 aliphatic carbocycles. The fourth-order valence-corrected chi connectivity index (χ4v) is 1.87. The topological polar surface area (TPSA) is 82.4 Å². The Morgan fingerprint density at radius 2 is 2.00 bits per heavy atom. The van der Waals surface area contributed by atoms with Crippen molar-refractivity contribution in [1.82, 2.24) is 5.32 Å². The number of nitrogens with one attached hydrogen (secondary N) is 1. The van der Waals surface area contributed by atoms with Crippen molar-refractivity contribution >= 4 is 6.09 Å². The highest BCUT2D eigenvalue weighted by molar-refractivity contribution is 5.67. The van der Waals surface area contributed by atoms with E-state index in [0.29, 0.717) is 18.5 Å². The van der Waals surface area contributed by atoms with E-state index in [-0.39, 0.29) is 17.9 Å². The number of hydrogen-bond acceptors (Lipinski definition) is 4. The molecule has 0 saturated heterocycles. The zero-order valence-corrected chi connectivity index (χ0v) is 13.0. The SMILES string of the molecule is N#Cc1cc(C#CCCNC(=O)OCc2ccccc2)ccc1O. The van der Waals surface area contributed by atoms with Crippen LogP contribution in [0.4, 0.5) is 4.79 Å². The molecular weight excluding hydrogens is 304 g/mol. The highest BCUT2D eigenvalue weighted by atomic mass is 16.5. The lowest BCUT2D eigenvalue weighted by Crippen LogP contribution is -2.24. The van der Waals surface area contributed by atoms with E-state index in [1.54, 1.807) is 6.07 Å². The van der Waals surface area contributed by atoms with E-state index < -0.39 is 6.09 Å². The van der Waals surface area contributed by atoms with Crippen LogP contribution in [0.15, 0.2) is 48.5 Å². The van der Waals surface area contributed by atoms with Crippen molar-refractivity contribution in [3.63, 3.8) is 0 Å². The number of ether oxygens (including phenoxy) is 1. The number of hydrogen-bond donors (Lipinski definition) is 2. The summed E-state index contributed by atoms with van der Waals surface area (Å²) >= 11 is 0. The van der Waals surface area contributed by atoms with Crippen LogP contribution in [0.5, 0.6) is 5.75 Å². The number of benzene rings is 2. The van der Waals surface area contributed by atoms with E-state index in [0.717, 1.165) is 5.56 Å². The molecule has 0 spiro atoms. The minimum Gasteiger partial charge on any atom is -0.507 e. The Hall–Kier alpha value is -3.44. The van der Waals surface area contributed by atoms with Gasteiger partial charge in [-0.2, -0.15) is 5.26 Å². The van der Waals surface area contributed by atoms with E-state index >= 15 is 0 Å². The largest absolute Gasteiger partial charge is 0.507 e. The van der Waals surface area contributed by atoms with Crippen LogP contribution in [0, 0.1) is 23.2 Å². The van der Waals surface area contributed by atoms with Crippen molar-refractivity contribution in [3.05, 3.63) is 65.2 Å². The maximum atomic E-state index is 11.5. The first kappa shape index (κ1) is 16.9. The van der Waals surface area contributed by atoms with Gasteiger partial charge in [0, 0.05) is 18.5 Å². The fourth-order valence-electron chi connectivity index (χ4n) is 1.87. The van der Waals surface area contributed by atoms with Crippen molar-refractivity contribution in [2.24, 2.45) is 0 Å². The van der Waals surface area contributed by atoms with E-state index in [4.69, 9.17) is 10.00 Å². The molecule has 24 heavy (non-hydrogen) atoms. The molecule has 120 valence electrons. The van der Waals surface area contributed by atoms with Gasteiger partial charge in [-0.3, -0.25) is 0 Å². The first-order valence-electron chi connectivity index (χ1n) is 7.35. The van der Waals surface area contributed by atoms with Crippen LogP contribution in [-0.2, 0) is 11.3 Å². The quantitative estimate of drug-likeness (QED) is 0.670. The molecule has 0 atom stereocenters. The number of carbonyl (C=O) groups excluding carboxylic acids is 1. The molecule has 0 aromatic heterocycles. The summed E-state index contributed by atoms with van der Waals surface area (Å²) in [5.41, 5.74) is 1.74. The van der Waals surface area contributed by atoms with Crippen LogP contribution in [0.2, 0.25) is 0 Å². The average Bonchev–Trinajstić information content (AvgIpc) is 2.62. The lowest BCUT2D eigenvalue weighted by atomic mass is 10.1. The van der Waals surface area contributed by atoms with Gasteiger partial charge < -0.3 is 15.2 Å². The molecule has 5 nitrogen and oxygen atoms in total. The summed E-state index contributed by atoms with van der Waals surface area (Å²) in [7, 11) is 0. The van der Waals surface area contributed by atoms with Crippen LogP contribution in [0.1, 0.15) is 23.1 Å². The average molecular weight is 320 g/mol. The second-order valence-electron chi connectivity index (χ2n) is 4.88. The summed E-state index contributed by atoms with van der Waals surface area (Å²) in [5.74, 6) is 5.70. The Morgan fingerprint density at radius 1 is 1.21 bits per heavy atom. The molecule has 0 aliphatic rings. The monoisotopic (exact) mass is 320 g/mol. The zero-order chi connectivity index (χ0) is 17.2. The molecule has 0 radical (unpaired) electrons. The maximum Gasteiger partial charge on any atom is 0.407 e. The number of carbonyl (C=O) groups is 1. The van der Waals surface area contributed by atoms with E-state index in [9.17, 15) is 9.90 Å². The Morgan fingerprint density at radius 3 is 2.75 bits per heavy atom. The lowest BCUT2D eigenvalue weighted by Gasteiger charge is -2.05. The Bertz CT molecular complexity index is 799. The van der Waals surface area contributed by atoms with E-state index in [1.165, 1.54) is 12.1 Å². The summed E-state index contributed by atoms with van der Waals surface area (Å²) in [5, 5.41) is 20.8. The molecule has 2 rings (SSSR count). The highest BCUT2D eigenvalue weighted by Gasteiger charge is 2.01. The second kappa shape index (κ2) is 8.87. The number of phenols is 1. The molecule has 2 aromatic carbocycles. The van der Waals surface area contributed by atoms with Crippen LogP contribution in [0.3, 0.4) is 0 Å². The number of rotatable bonds is 4. The minimum atomic E-state index is -0.489. The smallest absolute Gasteiger partial charge is 0.407 e. The normalized spacial score (nSPS) is 9.29. The van der Waals surface area contributed by atoms with Crippen molar-refractivity contribution in [3.8, 4) is 23.7 Å². The van der Waals surface area contributed by atoms with Gasteiger partial charge in [0.2, 0.25) is 0 Å². The predicted octanol–water partition coefficient (Wildman–Crippen LogP) is 2.93. The minimum absolute atomic E-state index is 0.0640. The summed E-state index contributed by atoms with van der Waals surface area (Å²) in [4.78, 5) is 11.5. The summed E-state index contributed by atoms with van der Waals surface area (Å²) in [6.07, 6.45) is -0.0412. The third kappa shape index (κ3) is 5.40. The molecule has 0 aliphatic heterocycles. The van der Waals surface area contributed by atoms with Crippen LogP contribution < -0.4 is 5.32 Å². The van der Waals surface area contributed by atoms with Crippen molar-refractivity contribution in [2.75, 3.05) is 6.54 Å². The first-order valence-corrected chi connectivity index (χ1v) is 7.35. The van der Waals surface area contributed by atoms with Gasteiger partial charge in [0.1, 0.15) is 18.4 Å². The van der Waals surface area contributed by atoms with E-state index in [1.807, 2.05) is 36.4 Å². The standard InChI is InChI=1S/C19H16N2O3/c20-13-17-12-15(9-10-18(17)22)6-4-5-11-21-19(23)24-14-16-7-2-1-3-8-16/h1-3,7-10,12,22H,5,11,14H2,(H,21,23). The molecule has 0 heterocycles. The molecule has 0 fully saturated rings. The predicted molar refractivity (Wildman–Crippen MR) is 88.9 cm³/mol. The summed E-state index contributed by atoms with van der Waals surface area (Å²) in [6, 6.07) is 15.9. The Balaban J connectivity index is 1.71. The molecular formula is C19H16N2O3. The van der Waals surface area contributed by atoms with E-state index in [2.05, 4.69) is 17.2 Å². The van der Waals surface area contributed by atoms with Crippen LogP contribution in [0.25, 0.3) is 0 Å². The number of amides is 1. The van der Waals surface area contributed by atoms with Gasteiger partial charge in [-0.1, -0.05) is 42.2 Å². The van der Waals surface area contributed by atoms with Crippen molar-refractivity contribution < 1.29 is 14.6 Å². The van der Waals surface area contributed by atoms with Crippen molar-refractivity contribution in [2.45, 2.75) is 13.0 Å². The zero-order valence-electron chi connectivity index (χ0n) is 13.0. The third-order valence-corrected chi connectivity index (χ3v) is 3.08. The number of aromatic hydroxyl groups is 1. The van der Waals surface area contributed by atoms with Gasteiger partial charge in [-0.15, -0.1) is 0 Å².